The molecule has 5 rings (SSSR count). The highest BCUT2D eigenvalue weighted by molar-refractivity contribution is 5.98. The lowest BCUT2D eigenvalue weighted by atomic mass is 9.93. The van der Waals surface area contributed by atoms with Crippen LogP contribution in [-0.4, -0.2) is 83.0 Å². The van der Waals surface area contributed by atoms with Gasteiger partial charge in [-0.25, -0.2) is 0 Å². The Kier molecular flexibility index (Phi) is 7.30. The number of rotatable bonds is 6. The lowest BCUT2D eigenvalue weighted by Gasteiger charge is -2.35. The van der Waals surface area contributed by atoms with Crippen LogP contribution in [0.1, 0.15) is 52.4 Å². The molecular formula is C29H38N4O3. The second-order valence-electron chi connectivity index (χ2n) is 10.7. The summed E-state index contributed by atoms with van der Waals surface area (Å²) in [6, 6.07) is 12.9. The molecule has 36 heavy (non-hydrogen) atoms. The molecular weight excluding hydrogens is 452 g/mol. The van der Waals surface area contributed by atoms with E-state index in [1.807, 2.05) is 15.9 Å². The fourth-order valence-electron chi connectivity index (χ4n) is 6.01. The highest BCUT2D eigenvalue weighted by Crippen LogP contribution is 2.28. The Balaban J connectivity index is 1.20. The van der Waals surface area contributed by atoms with Crippen molar-refractivity contribution < 1.29 is 14.7 Å². The van der Waals surface area contributed by atoms with E-state index >= 15 is 0 Å². The highest BCUT2D eigenvalue weighted by Gasteiger charge is 2.29. The minimum absolute atomic E-state index is 0.0115. The van der Waals surface area contributed by atoms with Crippen molar-refractivity contribution in [3.05, 3.63) is 64.2 Å². The van der Waals surface area contributed by atoms with E-state index in [-0.39, 0.29) is 11.8 Å². The van der Waals surface area contributed by atoms with E-state index in [0.717, 1.165) is 74.2 Å². The van der Waals surface area contributed by atoms with Gasteiger partial charge in [0.2, 0.25) is 5.91 Å². The summed E-state index contributed by atoms with van der Waals surface area (Å²) in [7, 11) is 0. The molecule has 0 spiro atoms. The number of carbonyl (C=O) groups excluding carboxylic acids is 2. The van der Waals surface area contributed by atoms with Crippen LogP contribution in [0.2, 0.25) is 0 Å². The number of aliphatic hydroxyl groups is 1. The molecule has 1 fully saturated rings. The van der Waals surface area contributed by atoms with Crippen molar-refractivity contribution in [2.75, 3.05) is 44.6 Å². The number of hydrogen-bond acceptors (Lipinski definition) is 5. The maximum atomic E-state index is 13.5. The minimum atomic E-state index is -0.574. The van der Waals surface area contributed by atoms with Gasteiger partial charge >= 0.3 is 0 Å². The standard InChI is InChI=1S/C29H38N4O3/c1-20-15-25(30-24-8-12-32(13-9-24)21(2)34)16-28-27(20)10-14-33(29(28)36)19-26(35)18-31-11-7-22-5-3-4-6-23(22)17-31/h3-6,15-16,24,26,30,35H,7-14,17-19H2,1-2H3/t26-/m1/s1. The predicted octanol–water partition coefficient (Wildman–Crippen LogP) is 2.84. The first kappa shape index (κ1) is 24.8. The second-order valence-corrected chi connectivity index (χ2v) is 10.7. The lowest BCUT2D eigenvalue weighted by molar-refractivity contribution is -0.129. The van der Waals surface area contributed by atoms with Crippen LogP contribution in [0.4, 0.5) is 5.69 Å². The number of nitrogens with zero attached hydrogens (tertiary/aromatic N) is 3. The zero-order chi connectivity index (χ0) is 25.2. The van der Waals surface area contributed by atoms with Crippen molar-refractivity contribution in [2.45, 2.75) is 58.2 Å². The summed E-state index contributed by atoms with van der Waals surface area (Å²) in [5, 5.41) is 14.5. The first-order chi connectivity index (χ1) is 17.4. The number of anilines is 1. The van der Waals surface area contributed by atoms with Crippen LogP contribution >= 0.6 is 0 Å². The maximum absolute atomic E-state index is 13.5. The molecule has 2 N–H and O–H groups in total. The molecule has 0 aromatic heterocycles. The monoisotopic (exact) mass is 490 g/mol. The van der Waals surface area contributed by atoms with Crippen LogP contribution in [0.3, 0.4) is 0 Å². The third-order valence-corrected chi connectivity index (χ3v) is 8.04. The Hall–Kier alpha value is -2.90. The topological polar surface area (TPSA) is 76.1 Å². The van der Waals surface area contributed by atoms with Gasteiger partial charge in [-0.1, -0.05) is 24.3 Å². The average Bonchev–Trinajstić information content (AvgIpc) is 2.86. The van der Waals surface area contributed by atoms with Gasteiger partial charge in [0, 0.05) is 70.0 Å². The van der Waals surface area contributed by atoms with Gasteiger partial charge in [0.15, 0.2) is 0 Å². The SMILES string of the molecule is CC(=O)N1CCC(Nc2cc(C)c3c(c2)C(=O)N(C[C@H](O)CN2CCc4ccccc4C2)CC3)CC1. The summed E-state index contributed by atoms with van der Waals surface area (Å²) >= 11 is 0. The number of carbonyl (C=O) groups is 2. The van der Waals surface area contributed by atoms with Gasteiger partial charge in [-0.15, -0.1) is 0 Å². The van der Waals surface area contributed by atoms with Gasteiger partial charge in [-0.3, -0.25) is 14.5 Å². The molecule has 0 saturated carbocycles. The van der Waals surface area contributed by atoms with Gasteiger partial charge in [-0.2, -0.15) is 0 Å². The zero-order valence-electron chi connectivity index (χ0n) is 21.5. The summed E-state index contributed by atoms with van der Waals surface area (Å²) in [5.41, 5.74) is 6.71. The molecule has 2 aromatic carbocycles. The van der Waals surface area contributed by atoms with Gasteiger partial charge < -0.3 is 20.2 Å². The maximum Gasteiger partial charge on any atom is 0.254 e. The fraction of sp³-hybridized carbons (Fsp3) is 0.517. The van der Waals surface area contributed by atoms with Gasteiger partial charge in [0.25, 0.3) is 5.91 Å². The number of likely N-dealkylation sites (tertiary alicyclic amines) is 1. The Morgan fingerprint density at radius 2 is 1.81 bits per heavy atom. The van der Waals surface area contributed by atoms with Crippen molar-refractivity contribution in [3.63, 3.8) is 0 Å². The highest BCUT2D eigenvalue weighted by atomic mass is 16.3. The van der Waals surface area contributed by atoms with Gasteiger partial charge in [0.05, 0.1) is 6.10 Å². The summed E-state index contributed by atoms with van der Waals surface area (Å²) < 4.78 is 0. The molecule has 0 unspecified atom stereocenters. The number of aryl methyl sites for hydroxylation is 1. The Labute approximate surface area is 214 Å². The molecule has 3 aliphatic rings. The van der Waals surface area contributed by atoms with Crippen LogP contribution in [-0.2, 0) is 24.2 Å². The molecule has 0 bridgehead atoms. The smallest absolute Gasteiger partial charge is 0.254 e. The van der Waals surface area contributed by atoms with Crippen molar-refractivity contribution in [3.8, 4) is 0 Å². The van der Waals surface area contributed by atoms with E-state index in [1.165, 1.54) is 11.1 Å². The molecule has 0 aliphatic carbocycles. The van der Waals surface area contributed by atoms with Gasteiger partial charge in [-0.05, 0) is 67.0 Å². The minimum Gasteiger partial charge on any atom is -0.390 e. The molecule has 1 saturated heterocycles. The summed E-state index contributed by atoms with van der Waals surface area (Å²) in [6.07, 6.45) is 3.05. The number of aliphatic hydroxyl groups excluding tert-OH is 1. The normalized spacial score (nSPS) is 19.6. The van der Waals surface area contributed by atoms with Crippen LogP contribution in [0.15, 0.2) is 36.4 Å². The van der Waals surface area contributed by atoms with E-state index in [2.05, 4.69) is 47.5 Å². The van der Waals surface area contributed by atoms with Crippen molar-refractivity contribution in [1.29, 1.82) is 0 Å². The molecule has 0 radical (unpaired) electrons. The van der Waals surface area contributed by atoms with Gasteiger partial charge in [0.1, 0.15) is 0 Å². The molecule has 2 amide bonds. The molecule has 7 nitrogen and oxygen atoms in total. The van der Waals surface area contributed by atoms with E-state index in [9.17, 15) is 14.7 Å². The van der Waals surface area contributed by atoms with Crippen molar-refractivity contribution in [1.82, 2.24) is 14.7 Å². The van der Waals surface area contributed by atoms with E-state index in [1.54, 1.807) is 6.92 Å². The largest absolute Gasteiger partial charge is 0.390 e. The number of β-amino-alcohol motifs (C(OH)–C–C–N with tert-alkyl or cyclic N) is 1. The Bertz CT molecular complexity index is 1130. The number of hydrogen-bond donors (Lipinski definition) is 2. The first-order valence-corrected chi connectivity index (χ1v) is 13.3. The van der Waals surface area contributed by atoms with Crippen LogP contribution in [0.5, 0.6) is 0 Å². The third-order valence-electron chi connectivity index (χ3n) is 8.04. The predicted molar refractivity (Wildman–Crippen MR) is 141 cm³/mol. The van der Waals surface area contributed by atoms with Crippen LogP contribution in [0.25, 0.3) is 0 Å². The molecule has 3 aliphatic heterocycles. The Morgan fingerprint density at radius 1 is 1.06 bits per heavy atom. The number of fused-ring (bicyclic) bond motifs is 2. The van der Waals surface area contributed by atoms with E-state index < -0.39 is 6.10 Å². The number of benzene rings is 2. The average molecular weight is 491 g/mol. The van der Waals surface area contributed by atoms with E-state index in [4.69, 9.17) is 0 Å². The van der Waals surface area contributed by atoms with Crippen LogP contribution < -0.4 is 5.32 Å². The summed E-state index contributed by atoms with van der Waals surface area (Å²) in [6.45, 7) is 8.60. The first-order valence-electron chi connectivity index (χ1n) is 13.3. The third kappa shape index (κ3) is 5.42. The zero-order valence-corrected chi connectivity index (χ0v) is 21.5. The summed E-state index contributed by atoms with van der Waals surface area (Å²) in [5.74, 6) is 0.147. The number of piperidine rings is 1. The van der Waals surface area contributed by atoms with Crippen LogP contribution in [0, 0.1) is 6.92 Å². The molecule has 192 valence electrons. The van der Waals surface area contributed by atoms with Crippen molar-refractivity contribution >= 4 is 17.5 Å². The molecule has 1 atom stereocenters. The fourth-order valence-corrected chi connectivity index (χ4v) is 6.01. The van der Waals surface area contributed by atoms with Crippen molar-refractivity contribution in [2.24, 2.45) is 0 Å². The number of amides is 2. The second kappa shape index (κ2) is 10.6. The molecule has 2 aromatic rings. The Morgan fingerprint density at radius 3 is 2.56 bits per heavy atom. The van der Waals surface area contributed by atoms with E-state index in [0.29, 0.717) is 25.7 Å². The molecule has 3 heterocycles. The lowest BCUT2D eigenvalue weighted by Crippen LogP contribution is -2.46. The summed E-state index contributed by atoms with van der Waals surface area (Å²) in [4.78, 5) is 31.1. The molecule has 7 heteroatoms. The number of nitrogens with one attached hydrogen (secondary N) is 1. The quantitative estimate of drug-likeness (QED) is 0.651.